The van der Waals surface area contributed by atoms with Crippen LogP contribution in [0.15, 0.2) is 24.3 Å². The van der Waals surface area contributed by atoms with Crippen molar-refractivity contribution < 1.29 is 9.53 Å². The Hall–Kier alpha value is -1.55. The second-order valence-corrected chi connectivity index (χ2v) is 5.33. The van der Waals surface area contributed by atoms with E-state index in [9.17, 15) is 4.79 Å². The molecule has 1 fully saturated rings. The van der Waals surface area contributed by atoms with E-state index in [2.05, 4.69) is 22.8 Å². The largest absolute Gasteiger partial charge is 0.382 e. The zero-order valence-corrected chi connectivity index (χ0v) is 11.0. The zero-order chi connectivity index (χ0) is 13.1. The van der Waals surface area contributed by atoms with Crippen LogP contribution in [-0.2, 0) is 16.0 Å². The van der Waals surface area contributed by atoms with E-state index in [1.54, 1.807) is 0 Å². The molecule has 2 aliphatic rings. The Balaban J connectivity index is 1.40. The number of fused-ring (bicyclic) bond motifs is 1. The third-order valence-corrected chi connectivity index (χ3v) is 3.61. The van der Waals surface area contributed by atoms with Crippen LogP contribution in [0.5, 0.6) is 0 Å². The number of rotatable bonds is 5. The van der Waals surface area contributed by atoms with Gasteiger partial charge in [-0.2, -0.15) is 0 Å². The van der Waals surface area contributed by atoms with Crippen LogP contribution in [-0.4, -0.2) is 31.2 Å². The number of ether oxygens (including phenoxy) is 1. The third-order valence-electron chi connectivity index (χ3n) is 3.61. The van der Waals surface area contributed by atoms with Crippen LogP contribution < -0.4 is 10.6 Å². The van der Waals surface area contributed by atoms with E-state index in [1.165, 1.54) is 11.3 Å². The van der Waals surface area contributed by atoms with Crippen molar-refractivity contribution in [1.29, 1.82) is 0 Å². The highest BCUT2D eigenvalue weighted by Crippen LogP contribution is 2.22. The summed E-state index contributed by atoms with van der Waals surface area (Å²) >= 11 is 0. The number of carbonyl (C=O) groups is 1. The smallest absolute Gasteiger partial charge is 0.222 e. The number of benzene rings is 1. The molecule has 0 saturated heterocycles. The number of anilines is 1. The summed E-state index contributed by atoms with van der Waals surface area (Å²) in [5, 5.41) is 6.34. The maximum atomic E-state index is 11.5. The Morgan fingerprint density at radius 2 is 2.21 bits per heavy atom. The fourth-order valence-electron chi connectivity index (χ4n) is 2.38. The van der Waals surface area contributed by atoms with Gasteiger partial charge in [-0.1, -0.05) is 18.2 Å². The molecule has 3 rings (SSSR count). The highest BCUT2D eigenvalue weighted by Gasteiger charge is 2.23. The topological polar surface area (TPSA) is 50.4 Å². The van der Waals surface area contributed by atoms with Gasteiger partial charge >= 0.3 is 0 Å². The summed E-state index contributed by atoms with van der Waals surface area (Å²) in [5.74, 6) is 0.117. The fourth-order valence-corrected chi connectivity index (χ4v) is 2.38. The Bertz CT molecular complexity index is 457. The highest BCUT2D eigenvalue weighted by atomic mass is 16.5. The maximum absolute atomic E-state index is 11.5. The third kappa shape index (κ3) is 3.47. The van der Waals surface area contributed by atoms with E-state index < -0.39 is 0 Å². The van der Waals surface area contributed by atoms with Crippen molar-refractivity contribution in [1.82, 2.24) is 5.32 Å². The molecule has 1 unspecified atom stereocenters. The standard InChI is InChI=1S/C15H20N2O2/c18-15(17-12-5-6-12)7-8-19-13-9-11-3-1-2-4-14(11)16-10-13/h1-4,12-13,16H,5-10H2,(H,17,18). The summed E-state index contributed by atoms with van der Waals surface area (Å²) in [6.07, 6.45) is 3.83. The molecule has 0 bridgehead atoms. The van der Waals surface area contributed by atoms with Gasteiger partial charge in [-0.3, -0.25) is 4.79 Å². The lowest BCUT2D eigenvalue weighted by Crippen LogP contribution is -2.32. The van der Waals surface area contributed by atoms with Crippen molar-refractivity contribution in [3.8, 4) is 0 Å². The van der Waals surface area contributed by atoms with Crippen LogP contribution in [0.3, 0.4) is 0 Å². The van der Waals surface area contributed by atoms with Crippen LogP contribution >= 0.6 is 0 Å². The number of hydrogen-bond acceptors (Lipinski definition) is 3. The van der Waals surface area contributed by atoms with Crippen LogP contribution in [0.2, 0.25) is 0 Å². The van der Waals surface area contributed by atoms with Crippen molar-refractivity contribution in [2.75, 3.05) is 18.5 Å². The summed E-state index contributed by atoms with van der Waals surface area (Å²) < 4.78 is 5.79. The van der Waals surface area contributed by atoms with Gasteiger partial charge in [0.1, 0.15) is 0 Å². The van der Waals surface area contributed by atoms with Gasteiger partial charge in [0.15, 0.2) is 0 Å². The SMILES string of the molecule is O=C(CCOC1CNc2ccccc2C1)NC1CC1. The summed E-state index contributed by atoms with van der Waals surface area (Å²) in [6.45, 7) is 1.33. The summed E-state index contributed by atoms with van der Waals surface area (Å²) in [6, 6.07) is 8.74. The van der Waals surface area contributed by atoms with Gasteiger partial charge in [0.25, 0.3) is 0 Å². The Morgan fingerprint density at radius 1 is 1.37 bits per heavy atom. The maximum Gasteiger partial charge on any atom is 0.222 e. The lowest BCUT2D eigenvalue weighted by atomic mass is 10.0. The molecule has 1 aliphatic carbocycles. The summed E-state index contributed by atoms with van der Waals surface area (Å²) in [7, 11) is 0. The first-order valence-electron chi connectivity index (χ1n) is 7.04. The molecule has 1 saturated carbocycles. The van der Waals surface area contributed by atoms with E-state index in [0.717, 1.165) is 25.8 Å². The van der Waals surface area contributed by atoms with E-state index in [1.807, 2.05) is 12.1 Å². The normalized spacial score (nSPS) is 21.4. The first-order chi connectivity index (χ1) is 9.31. The number of amides is 1. The number of hydrogen-bond donors (Lipinski definition) is 2. The minimum Gasteiger partial charge on any atom is -0.382 e. The lowest BCUT2D eigenvalue weighted by Gasteiger charge is -2.26. The van der Waals surface area contributed by atoms with E-state index in [4.69, 9.17) is 4.74 Å². The quantitative estimate of drug-likeness (QED) is 0.847. The second-order valence-electron chi connectivity index (χ2n) is 5.33. The van der Waals surface area contributed by atoms with Crippen LogP contribution in [0.1, 0.15) is 24.8 Å². The minimum atomic E-state index is 0.117. The monoisotopic (exact) mass is 260 g/mol. The highest BCUT2D eigenvalue weighted by molar-refractivity contribution is 5.76. The number of carbonyl (C=O) groups excluding carboxylic acids is 1. The molecule has 1 atom stereocenters. The molecular weight excluding hydrogens is 240 g/mol. The number of nitrogens with one attached hydrogen (secondary N) is 2. The second kappa shape index (κ2) is 5.61. The molecule has 4 nitrogen and oxygen atoms in total. The molecule has 0 spiro atoms. The summed E-state index contributed by atoms with van der Waals surface area (Å²) in [5.41, 5.74) is 2.50. The molecule has 2 N–H and O–H groups in total. The minimum absolute atomic E-state index is 0.117. The zero-order valence-electron chi connectivity index (χ0n) is 11.0. The van der Waals surface area contributed by atoms with Gasteiger partial charge in [-0.05, 0) is 24.5 Å². The van der Waals surface area contributed by atoms with Crippen molar-refractivity contribution in [2.24, 2.45) is 0 Å². The molecule has 4 heteroatoms. The molecule has 102 valence electrons. The number of para-hydroxylation sites is 1. The Morgan fingerprint density at radius 3 is 3.05 bits per heavy atom. The van der Waals surface area contributed by atoms with Gasteiger partial charge in [-0.15, -0.1) is 0 Å². The van der Waals surface area contributed by atoms with Gasteiger partial charge in [0.05, 0.1) is 12.7 Å². The Kier molecular flexibility index (Phi) is 3.69. The predicted molar refractivity (Wildman–Crippen MR) is 74.2 cm³/mol. The van der Waals surface area contributed by atoms with E-state index in [0.29, 0.717) is 19.1 Å². The lowest BCUT2D eigenvalue weighted by molar-refractivity contribution is -0.122. The van der Waals surface area contributed by atoms with Gasteiger partial charge in [0.2, 0.25) is 5.91 Å². The van der Waals surface area contributed by atoms with Crippen LogP contribution in [0.4, 0.5) is 5.69 Å². The first-order valence-corrected chi connectivity index (χ1v) is 7.04. The first kappa shape index (κ1) is 12.5. The van der Waals surface area contributed by atoms with Crippen molar-refractivity contribution in [3.05, 3.63) is 29.8 Å². The molecule has 1 aromatic rings. The molecule has 1 amide bonds. The van der Waals surface area contributed by atoms with Gasteiger partial charge in [0, 0.05) is 31.1 Å². The molecule has 0 aromatic heterocycles. The van der Waals surface area contributed by atoms with Gasteiger partial charge < -0.3 is 15.4 Å². The van der Waals surface area contributed by atoms with Gasteiger partial charge in [-0.25, -0.2) is 0 Å². The molecule has 19 heavy (non-hydrogen) atoms. The van der Waals surface area contributed by atoms with E-state index >= 15 is 0 Å². The van der Waals surface area contributed by atoms with Crippen molar-refractivity contribution in [3.63, 3.8) is 0 Å². The predicted octanol–water partition coefficient (Wildman–Crippen LogP) is 1.71. The van der Waals surface area contributed by atoms with Crippen molar-refractivity contribution >= 4 is 11.6 Å². The van der Waals surface area contributed by atoms with Crippen molar-refractivity contribution in [2.45, 2.75) is 37.8 Å². The molecule has 1 aromatic carbocycles. The average molecular weight is 260 g/mol. The molecule has 0 radical (unpaired) electrons. The van der Waals surface area contributed by atoms with E-state index in [-0.39, 0.29) is 12.0 Å². The molecule has 1 aliphatic heterocycles. The molecular formula is C15H20N2O2. The van der Waals surface area contributed by atoms with Crippen LogP contribution in [0.25, 0.3) is 0 Å². The summed E-state index contributed by atoms with van der Waals surface area (Å²) in [4.78, 5) is 11.5. The Labute approximate surface area is 113 Å². The average Bonchev–Trinajstić information content (AvgIpc) is 3.22. The fraction of sp³-hybridized carbons (Fsp3) is 0.533. The van der Waals surface area contributed by atoms with Crippen LogP contribution in [0, 0.1) is 0 Å². The molecule has 1 heterocycles.